The molecule has 4 aromatic rings. The first kappa shape index (κ1) is 16.6. The summed E-state index contributed by atoms with van der Waals surface area (Å²) in [5.41, 5.74) is 3.82. The van der Waals surface area contributed by atoms with Gasteiger partial charge in [-0.1, -0.05) is 29.5 Å². The number of carbonyl (C=O) groups excluding carboxylic acids is 1. The molecule has 6 rings (SSSR count). The lowest BCUT2D eigenvalue weighted by Crippen LogP contribution is -2.24. The van der Waals surface area contributed by atoms with Crippen molar-refractivity contribution in [1.82, 2.24) is 14.8 Å². The number of para-hydroxylation sites is 1. The van der Waals surface area contributed by atoms with Gasteiger partial charge in [0.15, 0.2) is 11.5 Å². The Morgan fingerprint density at radius 2 is 2.03 bits per heavy atom. The molecular formula is C21H16N4O3S. The van der Waals surface area contributed by atoms with Gasteiger partial charge in [-0.15, -0.1) is 0 Å². The van der Waals surface area contributed by atoms with Crippen molar-refractivity contribution < 1.29 is 14.3 Å². The molecule has 2 aromatic carbocycles. The summed E-state index contributed by atoms with van der Waals surface area (Å²) in [5, 5.41) is 8.49. The Labute approximate surface area is 169 Å². The third-order valence-corrected chi connectivity index (χ3v) is 6.38. The Morgan fingerprint density at radius 1 is 1.17 bits per heavy atom. The fourth-order valence-corrected chi connectivity index (χ4v) is 4.97. The fourth-order valence-electron chi connectivity index (χ4n) is 4.05. The molecule has 7 nitrogen and oxygen atoms in total. The number of aromatic nitrogens is 3. The quantitative estimate of drug-likeness (QED) is 0.547. The molecule has 2 aliphatic rings. The van der Waals surface area contributed by atoms with Gasteiger partial charge in [0.2, 0.25) is 17.8 Å². The molecule has 0 spiro atoms. The van der Waals surface area contributed by atoms with Crippen molar-refractivity contribution in [3.63, 3.8) is 0 Å². The minimum absolute atomic E-state index is 0.0394. The molecule has 0 saturated heterocycles. The van der Waals surface area contributed by atoms with Gasteiger partial charge in [-0.25, -0.2) is 4.98 Å². The predicted molar refractivity (Wildman–Crippen MR) is 109 cm³/mol. The number of nitrogens with zero attached hydrogens (tertiary/aromatic N) is 3. The van der Waals surface area contributed by atoms with Crippen LogP contribution in [0.4, 0.5) is 5.82 Å². The molecule has 1 amide bonds. The highest BCUT2D eigenvalue weighted by Crippen LogP contribution is 2.43. The number of amides is 1. The van der Waals surface area contributed by atoms with Crippen LogP contribution in [0.1, 0.15) is 29.2 Å². The number of fused-ring (bicyclic) bond motifs is 3. The summed E-state index contributed by atoms with van der Waals surface area (Å²) in [6.45, 7) is 2.20. The van der Waals surface area contributed by atoms with E-state index in [-0.39, 0.29) is 18.6 Å². The Hall–Kier alpha value is -3.39. The molecule has 2 aliphatic heterocycles. The molecule has 0 radical (unpaired) electrons. The largest absolute Gasteiger partial charge is 0.454 e. The second-order valence-corrected chi connectivity index (χ2v) is 8.15. The number of thiazole rings is 1. The Balaban J connectivity index is 1.50. The van der Waals surface area contributed by atoms with Crippen LogP contribution in [0, 0.1) is 6.92 Å². The minimum Gasteiger partial charge on any atom is -0.454 e. The van der Waals surface area contributed by atoms with Crippen LogP contribution in [0.25, 0.3) is 15.3 Å². The average Bonchev–Trinajstić information content (AvgIpc) is 3.43. The van der Waals surface area contributed by atoms with Gasteiger partial charge in [0, 0.05) is 17.9 Å². The number of rotatable bonds is 2. The first-order valence-corrected chi connectivity index (χ1v) is 10.1. The van der Waals surface area contributed by atoms with E-state index in [1.807, 2.05) is 49.4 Å². The molecule has 29 heavy (non-hydrogen) atoms. The predicted octanol–water partition coefficient (Wildman–Crippen LogP) is 3.99. The molecule has 0 fully saturated rings. The van der Waals surface area contributed by atoms with Crippen LogP contribution in [0.15, 0.2) is 42.5 Å². The lowest BCUT2D eigenvalue weighted by molar-refractivity contribution is -0.116. The van der Waals surface area contributed by atoms with Crippen molar-refractivity contribution in [1.29, 1.82) is 0 Å². The molecule has 0 bridgehead atoms. The highest BCUT2D eigenvalue weighted by atomic mass is 32.1. The van der Waals surface area contributed by atoms with Crippen molar-refractivity contribution in [3.05, 3.63) is 59.3 Å². The third kappa shape index (κ3) is 2.52. The fraction of sp³-hybridized carbons (Fsp3) is 0.190. The molecular weight excluding hydrogens is 388 g/mol. The van der Waals surface area contributed by atoms with Gasteiger partial charge in [0.25, 0.3) is 0 Å². The summed E-state index contributed by atoms with van der Waals surface area (Å²) in [6.07, 6.45) is 0.360. The Morgan fingerprint density at radius 3 is 2.93 bits per heavy atom. The summed E-state index contributed by atoms with van der Waals surface area (Å²) >= 11 is 1.55. The third-order valence-electron chi connectivity index (χ3n) is 5.37. The van der Waals surface area contributed by atoms with E-state index < -0.39 is 0 Å². The van der Waals surface area contributed by atoms with E-state index in [9.17, 15) is 4.79 Å². The summed E-state index contributed by atoms with van der Waals surface area (Å²) in [7, 11) is 0. The number of hydrogen-bond donors (Lipinski definition) is 1. The Kier molecular flexibility index (Phi) is 3.45. The molecule has 8 heteroatoms. The zero-order valence-corrected chi connectivity index (χ0v) is 16.3. The maximum Gasteiger partial charge on any atom is 0.231 e. The molecule has 1 atom stereocenters. The number of anilines is 1. The highest BCUT2D eigenvalue weighted by molar-refractivity contribution is 7.20. The lowest BCUT2D eigenvalue weighted by Gasteiger charge is -2.24. The standard InChI is InChI=1S/C21H16N4O3S/c1-11-19-13(12-6-7-15-16(8-12)28-10-27-15)9-18(26)23-20(19)25(24-11)21-22-14-4-2-3-5-17(14)29-21/h2-8,13H,9-10H2,1H3,(H,23,26)/t13-/m0/s1. The zero-order chi connectivity index (χ0) is 19.5. The van der Waals surface area contributed by atoms with Crippen LogP contribution in [-0.4, -0.2) is 27.5 Å². The Bertz CT molecular complexity index is 1260. The molecule has 0 unspecified atom stereocenters. The number of hydrogen-bond acceptors (Lipinski definition) is 6. The molecule has 0 saturated carbocycles. The normalized spacial score (nSPS) is 17.4. The maximum absolute atomic E-state index is 12.6. The van der Waals surface area contributed by atoms with Gasteiger partial charge in [0.1, 0.15) is 5.82 Å². The number of ether oxygens (including phenoxy) is 2. The van der Waals surface area contributed by atoms with E-state index in [0.717, 1.165) is 37.9 Å². The first-order chi connectivity index (χ1) is 14.2. The van der Waals surface area contributed by atoms with Gasteiger partial charge in [-0.2, -0.15) is 9.78 Å². The molecule has 4 heterocycles. The van der Waals surface area contributed by atoms with Gasteiger partial charge < -0.3 is 14.8 Å². The first-order valence-electron chi connectivity index (χ1n) is 9.32. The van der Waals surface area contributed by atoms with Crippen molar-refractivity contribution >= 4 is 33.3 Å². The molecule has 144 valence electrons. The SMILES string of the molecule is Cc1nn(-c2nc3ccccc3s2)c2c1[C@H](c1ccc3c(c1)OCO3)CC(=O)N2. The second-order valence-electron chi connectivity index (χ2n) is 7.14. The van der Waals surface area contributed by atoms with E-state index in [1.54, 1.807) is 16.0 Å². The highest BCUT2D eigenvalue weighted by Gasteiger charge is 2.34. The molecule has 2 aromatic heterocycles. The van der Waals surface area contributed by atoms with Crippen LogP contribution >= 0.6 is 11.3 Å². The van der Waals surface area contributed by atoms with Gasteiger partial charge in [0.05, 0.1) is 15.9 Å². The van der Waals surface area contributed by atoms with E-state index >= 15 is 0 Å². The van der Waals surface area contributed by atoms with Crippen molar-refractivity contribution in [2.75, 3.05) is 12.1 Å². The van der Waals surface area contributed by atoms with Crippen LogP contribution in [-0.2, 0) is 4.79 Å². The van der Waals surface area contributed by atoms with Crippen LogP contribution in [0.5, 0.6) is 11.5 Å². The van der Waals surface area contributed by atoms with Gasteiger partial charge >= 0.3 is 0 Å². The zero-order valence-electron chi connectivity index (χ0n) is 15.5. The number of benzene rings is 2. The monoisotopic (exact) mass is 404 g/mol. The van der Waals surface area contributed by atoms with Crippen molar-refractivity contribution in [2.24, 2.45) is 0 Å². The van der Waals surface area contributed by atoms with Gasteiger partial charge in [-0.05, 0) is 36.8 Å². The average molecular weight is 404 g/mol. The lowest BCUT2D eigenvalue weighted by atomic mass is 9.85. The van der Waals surface area contributed by atoms with Crippen LogP contribution in [0.2, 0.25) is 0 Å². The topological polar surface area (TPSA) is 78.3 Å². The molecule has 0 aliphatic carbocycles. The number of nitrogens with one attached hydrogen (secondary N) is 1. The summed E-state index contributed by atoms with van der Waals surface area (Å²) in [4.78, 5) is 17.3. The smallest absolute Gasteiger partial charge is 0.231 e. The number of aryl methyl sites for hydroxylation is 1. The van der Waals surface area contributed by atoms with E-state index in [4.69, 9.17) is 19.6 Å². The second kappa shape index (κ2) is 6.05. The van der Waals surface area contributed by atoms with Crippen molar-refractivity contribution in [3.8, 4) is 16.6 Å². The van der Waals surface area contributed by atoms with E-state index in [0.29, 0.717) is 18.0 Å². The van der Waals surface area contributed by atoms with Crippen molar-refractivity contribution in [2.45, 2.75) is 19.3 Å². The van der Waals surface area contributed by atoms with E-state index in [2.05, 4.69) is 5.32 Å². The summed E-state index contributed by atoms with van der Waals surface area (Å²) in [5.74, 6) is 2.00. The van der Waals surface area contributed by atoms with Crippen LogP contribution < -0.4 is 14.8 Å². The maximum atomic E-state index is 12.6. The molecule has 1 N–H and O–H groups in total. The van der Waals surface area contributed by atoms with E-state index in [1.165, 1.54) is 0 Å². The van der Waals surface area contributed by atoms with Crippen LogP contribution in [0.3, 0.4) is 0 Å². The number of carbonyl (C=O) groups is 1. The summed E-state index contributed by atoms with van der Waals surface area (Å²) < 4.78 is 13.8. The minimum atomic E-state index is -0.101. The van der Waals surface area contributed by atoms with Gasteiger partial charge in [-0.3, -0.25) is 4.79 Å². The summed E-state index contributed by atoms with van der Waals surface area (Å²) in [6, 6.07) is 13.8.